The number of esters is 1. The number of aliphatic carboxylic acids is 1. The van der Waals surface area contributed by atoms with Gasteiger partial charge in [0, 0.05) is 0 Å². The van der Waals surface area contributed by atoms with Crippen molar-refractivity contribution in [2.45, 2.75) is 13.3 Å². The molecule has 0 atom stereocenters. The van der Waals surface area contributed by atoms with Gasteiger partial charge in [-0.05, 0) is 12.1 Å². The summed E-state index contributed by atoms with van der Waals surface area (Å²) < 4.78 is 4.50. The molecule has 0 unspecified atom stereocenters. The van der Waals surface area contributed by atoms with Crippen LogP contribution in [0, 0.1) is 4.91 Å². The molecule has 20 heavy (non-hydrogen) atoms. The van der Waals surface area contributed by atoms with Crippen molar-refractivity contribution in [1.29, 1.82) is 0 Å². The highest BCUT2D eigenvalue weighted by atomic mass is 35.5. The first-order valence-corrected chi connectivity index (χ1v) is 6.18. The fourth-order valence-corrected chi connectivity index (χ4v) is 0.920. The Morgan fingerprint density at radius 1 is 1.15 bits per heavy atom. The predicted octanol–water partition coefficient (Wildman–Crippen LogP) is 1.59. The number of alkyl halides is 2. The van der Waals surface area contributed by atoms with Gasteiger partial charge in [-0.3, -0.25) is 9.59 Å². The highest BCUT2D eigenvalue weighted by Gasteiger charge is 2.13. The van der Waals surface area contributed by atoms with Crippen LogP contribution in [0.15, 0.2) is 16.6 Å². The predicted molar refractivity (Wildman–Crippen MR) is 70.8 cm³/mol. The van der Waals surface area contributed by atoms with Crippen LogP contribution in [0.1, 0.15) is 13.3 Å². The van der Waals surface area contributed by atoms with Crippen molar-refractivity contribution in [3.8, 4) is 0 Å². The van der Waals surface area contributed by atoms with Crippen molar-refractivity contribution in [2.24, 2.45) is 5.18 Å². The quantitative estimate of drug-likeness (QED) is 0.181. The number of aliphatic hydroxyl groups excluding tert-OH is 1. The molecule has 0 bridgehead atoms. The molecule has 0 aromatic heterocycles. The van der Waals surface area contributed by atoms with Gasteiger partial charge in [0.1, 0.15) is 12.2 Å². The zero-order valence-electron chi connectivity index (χ0n) is 10.5. The Kier molecular flexibility index (Phi) is 12.8. The summed E-state index contributed by atoms with van der Waals surface area (Å²) in [5, 5.41) is 18.7. The van der Waals surface area contributed by atoms with E-state index in [1.54, 1.807) is 6.92 Å². The average Bonchev–Trinajstić information content (AvgIpc) is 2.39. The Morgan fingerprint density at radius 2 is 1.70 bits per heavy atom. The lowest BCUT2D eigenvalue weighted by Crippen LogP contribution is -2.11. The molecule has 0 aromatic rings. The van der Waals surface area contributed by atoms with Gasteiger partial charge < -0.3 is 14.9 Å². The Bertz CT molecular complexity index is 395. The van der Waals surface area contributed by atoms with Gasteiger partial charge in [0.05, 0.1) is 18.4 Å². The molecule has 10 heteroatoms. The number of aliphatic hydroxyl groups is 1. The normalized spacial score (nSPS) is 10.6. The number of halogens is 2. The minimum absolute atomic E-state index is 0.126. The molecule has 0 saturated carbocycles. The molecule has 8 nitrogen and oxygen atoms in total. The molecular weight excluding hydrogens is 317 g/mol. The monoisotopic (exact) mass is 329 g/mol. The van der Waals surface area contributed by atoms with Crippen LogP contribution in [0.25, 0.3) is 0 Å². The zero-order valence-corrected chi connectivity index (χ0v) is 12.0. The number of hydrogen-bond donors (Lipinski definition) is 2. The highest BCUT2D eigenvalue weighted by Crippen LogP contribution is 2.04. The van der Waals surface area contributed by atoms with E-state index in [2.05, 4.69) is 9.91 Å². The molecule has 0 radical (unpaired) electrons. The van der Waals surface area contributed by atoms with Gasteiger partial charge >= 0.3 is 11.9 Å². The Hall–Kier alpha value is -1.67. The molecule has 0 rings (SSSR count). The van der Waals surface area contributed by atoms with Crippen LogP contribution >= 0.6 is 23.2 Å². The summed E-state index contributed by atoms with van der Waals surface area (Å²) in [6, 6.07) is 0. The van der Waals surface area contributed by atoms with Crippen molar-refractivity contribution in [3.63, 3.8) is 0 Å². The number of carbonyl (C=O) groups excluding carboxylic acids is 2. The van der Waals surface area contributed by atoms with E-state index < -0.39 is 29.3 Å². The molecule has 0 heterocycles. The van der Waals surface area contributed by atoms with Gasteiger partial charge in [0.15, 0.2) is 5.78 Å². The maximum Gasteiger partial charge on any atom is 0.361 e. The Balaban J connectivity index is 0. The summed E-state index contributed by atoms with van der Waals surface area (Å²) in [5.41, 5.74) is -0.949. The molecule has 0 amide bonds. The topological polar surface area (TPSA) is 130 Å². The highest BCUT2D eigenvalue weighted by molar-refractivity contribution is 6.28. The van der Waals surface area contributed by atoms with Crippen molar-refractivity contribution >= 4 is 40.9 Å². The minimum atomic E-state index is -1.59. The number of allylic oxidation sites excluding steroid dienone is 1. The lowest BCUT2D eigenvalue weighted by Gasteiger charge is -1.97. The van der Waals surface area contributed by atoms with Gasteiger partial charge in [-0.15, -0.1) is 28.1 Å². The third-order valence-corrected chi connectivity index (χ3v) is 2.04. The third kappa shape index (κ3) is 10.3. The molecule has 0 aliphatic carbocycles. The van der Waals surface area contributed by atoms with Crippen molar-refractivity contribution in [2.75, 3.05) is 18.4 Å². The smallest absolute Gasteiger partial charge is 0.361 e. The van der Waals surface area contributed by atoms with Crippen LogP contribution in [-0.2, 0) is 19.1 Å². The Morgan fingerprint density at radius 3 is 1.95 bits per heavy atom. The summed E-state index contributed by atoms with van der Waals surface area (Å²) in [5.74, 6) is -3.70. The maximum atomic E-state index is 10.5. The van der Waals surface area contributed by atoms with Gasteiger partial charge in [0.2, 0.25) is 5.70 Å². The number of rotatable bonds is 7. The molecule has 0 aliphatic heterocycles. The number of Topliss-reactive ketones (excluding diaryl/α,β-unsaturated/α-hetero) is 1. The summed E-state index contributed by atoms with van der Waals surface area (Å²) >= 11 is 10.1. The number of carbonyl (C=O) groups is 3. The standard InChI is InChI=1S/C6H9ClO3.C4H4ClNO4/c1-2-10-6(9)3-5(8)4-7;5-1-2(7)3(6-10)4(8)9/h2-4H2,1H3;7H,1H2,(H,8,9). The van der Waals surface area contributed by atoms with Crippen LogP contribution in [0.2, 0.25) is 0 Å². The maximum absolute atomic E-state index is 10.5. The summed E-state index contributed by atoms with van der Waals surface area (Å²) in [6.45, 7) is 1.98. The number of ether oxygens (including phenoxy) is 1. The van der Waals surface area contributed by atoms with E-state index in [-0.39, 0.29) is 18.1 Å². The first-order valence-electron chi connectivity index (χ1n) is 5.11. The molecule has 0 fully saturated rings. The average molecular weight is 330 g/mol. The molecule has 0 aliphatic rings. The van der Waals surface area contributed by atoms with Gasteiger partial charge in [-0.2, -0.15) is 0 Å². The van der Waals surface area contributed by atoms with Gasteiger partial charge in [-0.1, -0.05) is 0 Å². The number of carboxylic acids is 1. The number of nitroso groups, excluding NO2 is 1. The van der Waals surface area contributed by atoms with Crippen LogP contribution in [-0.4, -0.2) is 46.3 Å². The van der Waals surface area contributed by atoms with E-state index in [1.165, 1.54) is 0 Å². The third-order valence-electron chi connectivity index (χ3n) is 1.49. The fraction of sp³-hybridized carbons (Fsp3) is 0.500. The van der Waals surface area contributed by atoms with E-state index >= 15 is 0 Å². The largest absolute Gasteiger partial charge is 0.508 e. The van der Waals surface area contributed by atoms with E-state index in [0.717, 1.165) is 0 Å². The van der Waals surface area contributed by atoms with E-state index in [1.807, 2.05) is 0 Å². The van der Waals surface area contributed by atoms with E-state index in [0.29, 0.717) is 6.61 Å². The minimum Gasteiger partial charge on any atom is -0.508 e. The van der Waals surface area contributed by atoms with Crippen LogP contribution in [0.3, 0.4) is 0 Å². The van der Waals surface area contributed by atoms with E-state index in [9.17, 15) is 19.3 Å². The molecule has 114 valence electrons. The van der Waals surface area contributed by atoms with Gasteiger partial charge in [0.25, 0.3) is 0 Å². The van der Waals surface area contributed by atoms with Crippen molar-refractivity contribution < 1.29 is 29.3 Å². The molecule has 0 aromatic carbocycles. The van der Waals surface area contributed by atoms with Crippen molar-refractivity contribution in [3.05, 3.63) is 16.4 Å². The lowest BCUT2D eigenvalue weighted by atomic mass is 10.3. The number of ketones is 1. The first-order chi connectivity index (χ1) is 9.33. The molecular formula is C10H13Cl2NO7. The second-order valence-electron chi connectivity index (χ2n) is 2.98. The number of nitrogens with zero attached hydrogens (tertiary/aromatic N) is 1. The van der Waals surface area contributed by atoms with Gasteiger partial charge in [-0.25, -0.2) is 4.79 Å². The van der Waals surface area contributed by atoms with E-state index in [4.69, 9.17) is 33.4 Å². The van der Waals surface area contributed by atoms with Crippen molar-refractivity contribution in [1.82, 2.24) is 0 Å². The summed E-state index contributed by atoms with van der Waals surface area (Å²) in [4.78, 5) is 40.6. The van der Waals surface area contributed by atoms with Crippen LogP contribution in [0.4, 0.5) is 0 Å². The number of hydrogen-bond acceptors (Lipinski definition) is 7. The SMILES string of the molecule is CCOC(=O)CC(=O)CCl.O=NC(C(=O)O)=C(O)CCl. The fourth-order valence-electron chi connectivity index (χ4n) is 0.699. The summed E-state index contributed by atoms with van der Waals surface area (Å²) in [6.07, 6.45) is -0.211. The molecule has 0 saturated heterocycles. The Labute approximate surface area is 124 Å². The second-order valence-corrected chi connectivity index (χ2v) is 3.51. The molecule has 2 N–H and O–H groups in total. The summed E-state index contributed by atoms with van der Waals surface area (Å²) in [7, 11) is 0. The first kappa shape index (κ1) is 20.6. The zero-order chi connectivity index (χ0) is 16.1. The van der Waals surface area contributed by atoms with Crippen LogP contribution < -0.4 is 0 Å². The second kappa shape index (κ2) is 12.4. The van der Waals surface area contributed by atoms with Crippen LogP contribution in [0.5, 0.6) is 0 Å². The lowest BCUT2D eigenvalue weighted by molar-refractivity contribution is -0.145. The number of carboxylic acid groups (broad SMARTS) is 1. The molecule has 0 spiro atoms.